The Hall–Kier alpha value is -0.260. The highest BCUT2D eigenvalue weighted by atomic mass is 14.3. The molecule has 0 N–H and O–H groups in total. The normalized spacial score (nSPS) is 22.5. The summed E-state index contributed by atoms with van der Waals surface area (Å²) in [5.74, 6) is 2.51. The van der Waals surface area contributed by atoms with Crippen LogP contribution in [-0.4, -0.2) is 0 Å². The molecule has 1 rings (SSSR count). The van der Waals surface area contributed by atoms with Crippen LogP contribution in [0.3, 0.4) is 0 Å². The van der Waals surface area contributed by atoms with Gasteiger partial charge < -0.3 is 0 Å². The van der Waals surface area contributed by atoms with Crippen LogP contribution in [0.4, 0.5) is 0 Å². The van der Waals surface area contributed by atoms with Crippen molar-refractivity contribution in [2.24, 2.45) is 17.8 Å². The highest BCUT2D eigenvalue weighted by molar-refractivity contribution is 5.08. The summed E-state index contributed by atoms with van der Waals surface area (Å²) in [6, 6.07) is 0. The molecule has 0 heteroatoms. The van der Waals surface area contributed by atoms with Gasteiger partial charge in [0.1, 0.15) is 0 Å². The highest BCUT2D eigenvalue weighted by Crippen LogP contribution is 2.33. The molecule has 0 amide bonds. The Labute approximate surface area is 70.7 Å². The molecule has 0 aromatic carbocycles. The van der Waals surface area contributed by atoms with Gasteiger partial charge in [0.2, 0.25) is 0 Å². The summed E-state index contributed by atoms with van der Waals surface area (Å²) in [4.78, 5) is 0. The molecule has 0 spiro atoms. The topological polar surface area (TPSA) is 0 Å². The fourth-order valence-electron chi connectivity index (χ4n) is 1.31. The molecule has 1 fully saturated rings. The maximum Gasteiger partial charge on any atom is -0.0211 e. The number of rotatable bonds is 3. The molecule has 0 aromatic rings. The molecule has 64 valence electrons. The van der Waals surface area contributed by atoms with Gasteiger partial charge in [-0.05, 0) is 37.5 Å². The lowest BCUT2D eigenvalue weighted by Gasteiger charge is -2.16. The number of allylic oxidation sites excluding steroid dienone is 2. The predicted molar refractivity (Wildman–Crippen MR) is 50.5 cm³/mol. The summed E-state index contributed by atoms with van der Waals surface area (Å²) >= 11 is 0. The Morgan fingerprint density at radius 1 is 1.27 bits per heavy atom. The minimum Gasteiger partial charge on any atom is -0.0822 e. The number of hydrogen-bond acceptors (Lipinski definition) is 0. The smallest absolute Gasteiger partial charge is 0.0211 e. The molecule has 0 radical (unpaired) electrons. The lowest BCUT2D eigenvalue weighted by atomic mass is 9.90. The predicted octanol–water partition coefficient (Wildman–Crippen LogP) is 3.63. The van der Waals surface area contributed by atoms with E-state index in [2.05, 4.69) is 33.8 Å². The van der Waals surface area contributed by atoms with E-state index in [1.54, 1.807) is 5.57 Å². The standard InChI is InChI=1S/C11H20/c1-8(2)10(4)9(3)7-11-5-6-11/h7-8,10-11H,5-6H2,1-4H3. The second-order valence-electron chi connectivity index (χ2n) is 4.28. The third kappa shape index (κ3) is 2.69. The molecular weight excluding hydrogens is 132 g/mol. The minimum absolute atomic E-state index is 0.774. The van der Waals surface area contributed by atoms with Crippen molar-refractivity contribution < 1.29 is 0 Å². The van der Waals surface area contributed by atoms with E-state index in [-0.39, 0.29) is 0 Å². The molecule has 0 heterocycles. The molecule has 0 aliphatic heterocycles. The largest absolute Gasteiger partial charge is 0.0822 e. The summed E-state index contributed by atoms with van der Waals surface area (Å²) in [6.45, 7) is 9.21. The molecule has 1 unspecified atom stereocenters. The van der Waals surface area contributed by atoms with E-state index in [4.69, 9.17) is 0 Å². The average molecular weight is 152 g/mol. The van der Waals surface area contributed by atoms with E-state index in [9.17, 15) is 0 Å². The van der Waals surface area contributed by atoms with Crippen LogP contribution in [0.25, 0.3) is 0 Å². The molecule has 1 atom stereocenters. The van der Waals surface area contributed by atoms with Crippen LogP contribution in [0, 0.1) is 17.8 Å². The molecule has 1 aliphatic carbocycles. The fourth-order valence-corrected chi connectivity index (χ4v) is 1.31. The van der Waals surface area contributed by atoms with Gasteiger partial charge in [0.15, 0.2) is 0 Å². The van der Waals surface area contributed by atoms with Gasteiger partial charge in [0.05, 0.1) is 0 Å². The summed E-state index contributed by atoms with van der Waals surface area (Å²) < 4.78 is 0. The fraction of sp³-hybridized carbons (Fsp3) is 0.818. The Balaban J connectivity index is 2.43. The van der Waals surface area contributed by atoms with Crippen molar-refractivity contribution in [3.8, 4) is 0 Å². The van der Waals surface area contributed by atoms with Crippen molar-refractivity contribution >= 4 is 0 Å². The zero-order valence-corrected chi connectivity index (χ0v) is 8.22. The molecule has 11 heavy (non-hydrogen) atoms. The maximum absolute atomic E-state index is 2.48. The first-order valence-electron chi connectivity index (χ1n) is 4.79. The van der Waals surface area contributed by atoms with Gasteiger partial charge in [0, 0.05) is 0 Å². The lowest BCUT2D eigenvalue weighted by molar-refractivity contribution is 0.478. The second kappa shape index (κ2) is 3.42. The molecular formula is C11H20. The van der Waals surface area contributed by atoms with Gasteiger partial charge in [0.25, 0.3) is 0 Å². The van der Waals surface area contributed by atoms with Gasteiger partial charge in [-0.25, -0.2) is 0 Å². The van der Waals surface area contributed by atoms with Crippen molar-refractivity contribution in [2.45, 2.75) is 40.5 Å². The van der Waals surface area contributed by atoms with E-state index in [0.29, 0.717) is 0 Å². The quantitative estimate of drug-likeness (QED) is 0.542. The molecule has 0 aromatic heterocycles. The lowest BCUT2D eigenvalue weighted by Crippen LogP contribution is -2.05. The minimum atomic E-state index is 0.774. The van der Waals surface area contributed by atoms with Crippen molar-refractivity contribution in [3.05, 3.63) is 11.6 Å². The van der Waals surface area contributed by atoms with Crippen LogP contribution in [-0.2, 0) is 0 Å². The van der Waals surface area contributed by atoms with Gasteiger partial charge in [-0.3, -0.25) is 0 Å². The van der Waals surface area contributed by atoms with E-state index >= 15 is 0 Å². The second-order valence-corrected chi connectivity index (χ2v) is 4.28. The third-order valence-corrected chi connectivity index (χ3v) is 2.84. The van der Waals surface area contributed by atoms with Crippen LogP contribution in [0.15, 0.2) is 11.6 Å². The van der Waals surface area contributed by atoms with E-state index in [0.717, 1.165) is 17.8 Å². The first kappa shape index (κ1) is 8.83. The van der Waals surface area contributed by atoms with Gasteiger partial charge >= 0.3 is 0 Å². The van der Waals surface area contributed by atoms with Gasteiger partial charge in [-0.2, -0.15) is 0 Å². The first-order valence-corrected chi connectivity index (χ1v) is 4.79. The Kier molecular flexibility index (Phi) is 2.75. The molecule has 0 nitrogen and oxygen atoms in total. The summed E-state index contributed by atoms with van der Waals surface area (Å²) in [6.07, 6.45) is 5.34. The Morgan fingerprint density at radius 2 is 1.82 bits per heavy atom. The SMILES string of the molecule is CC(=CC1CC1)C(C)C(C)C. The van der Waals surface area contributed by atoms with E-state index < -0.39 is 0 Å². The third-order valence-electron chi connectivity index (χ3n) is 2.84. The zero-order valence-electron chi connectivity index (χ0n) is 8.22. The van der Waals surface area contributed by atoms with E-state index in [1.807, 2.05) is 0 Å². The van der Waals surface area contributed by atoms with Crippen LogP contribution in [0.2, 0.25) is 0 Å². The Morgan fingerprint density at radius 3 is 2.18 bits per heavy atom. The average Bonchev–Trinajstić information content (AvgIpc) is 2.69. The maximum atomic E-state index is 2.48. The summed E-state index contributed by atoms with van der Waals surface area (Å²) in [7, 11) is 0. The van der Waals surface area contributed by atoms with Gasteiger partial charge in [-0.15, -0.1) is 0 Å². The zero-order chi connectivity index (χ0) is 8.43. The number of hydrogen-bond donors (Lipinski definition) is 0. The molecule has 1 aliphatic rings. The van der Waals surface area contributed by atoms with Gasteiger partial charge in [-0.1, -0.05) is 32.4 Å². The Bertz CT molecular complexity index is 149. The van der Waals surface area contributed by atoms with Crippen LogP contribution in [0.5, 0.6) is 0 Å². The summed E-state index contributed by atoms with van der Waals surface area (Å²) in [5.41, 5.74) is 1.60. The molecule has 0 saturated heterocycles. The van der Waals surface area contributed by atoms with Crippen LogP contribution in [0.1, 0.15) is 40.5 Å². The summed E-state index contributed by atoms with van der Waals surface area (Å²) in [5, 5.41) is 0. The van der Waals surface area contributed by atoms with Crippen LogP contribution < -0.4 is 0 Å². The highest BCUT2D eigenvalue weighted by Gasteiger charge is 2.20. The van der Waals surface area contributed by atoms with E-state index in [1.165, 1.54) is 12.8 Å². The first-order chi connectivity index (χ1) is 5.11. The monoisotopic (exact) mass is 152 g/mol. The van der Waals surface area contributed by atoms with Crippen molar-refractivity contribution in [1.82, 2.24) is 0 Å². The van der Waals surface area contributed by atoms with Crippen molar-refractivity contribution in [1.29, 1.82) is 0 Å². The van der Waals surface area contributed by atoms with Crippen molar-refractivity contribution in [3.63, 3.8) is 0 Å². The molecule has 1 saturated carbocycles. The molecule has 0 bridgehead atoms. The van der Waals surface area contributed by atoms with Crippen LogP contribution >= 0.6 is 0 Å². The van der Waals surface area contributed by atoms with Crippen molar-refractivity contribution in [2.75, 3.05) is 0 Å².